The molecule has 1 unspecified atom stereocenters. The summed E-state index contributed by atoms with van der Waals surface area (Å²) < 4.78 is 27.6. The quantitative estimate of drug-likeness (QED) is 0.809. The topological polar surface area (TPSA) is 40.6 Å². The predicted molar refractivity (Wildman–Crippen MR) is 106 cm³/mol. The molecule has 26 heavy (non-hydrogen) atoms. The highest BCUT2D eigenvalue weighted by Crippen LogP contribution is 2.22. The first-order chi connectivity index (χ1) is 12.4. The van der Waals surface area contributed by atoms with Gasteiger partial charge < -0.3 is 0 Å². The summed E-state index contributed by atoms with van der Waals surface area (Å²) in [6.45, 7) is 8.91. The van der Waals surface area contributed by atoms with E-state index in [9.17, 15) is 8.42 Å². The zero-order valence-electron chi connectivity index (χ0n) is 15.9. The molecular formula is C21H28N2O2S. The predicted octanol–water partition coefficient (Wildman–Crippen LogP) is 3.24. The number of sulfonamides is 1. The molecule has 0 aromatic heterocycles. The number of hydrogen-bond acceptors (Lipinski definition) is 3. The van der Waals surface area contributed by atoms with Gasteiger partial charge in [-0.2, -0.15) is 4.31 Å². The molecule has 0 aliphatic carbocycles. The second-order valence-electron chi connectivity index (χ2n) is 7.23. The first-order valence-electron chi connectivity index (χ1n) is 9.23. The monoisotopic (exact) mass is 372 g/mol. The Morgan fingerprint density at radius 3 is 2.38 bits per heavy atom. The zero-order valence-corrected chi connectivity index (χ0v) is 16.7. The standard InChI is InChI=1S/C21H28N2O2S/c1-17-9-10-21(15-18(17)2)26(24,25)23-14-13-22(19(3)16-23)12-11-20-7-5-4-6-8-20/h4-10,15,19H,11-14,16H2,1-3H3. The number of rotatable bonds is 5. The SMILES string of the molecule is Cc1ccc(S(=O)(=O)N2CCN(CCc3ccccc3)C(C)C2)cc1C. The van der Waals surface area contributed by atoms with Gasteiger partial charge in [-0.05, 0) is 56.0 Å². The fourth-order valence-corrected chi connectivity index (χ4v) is 5.05. The Balaban J connectivity index is 1.64. The third-order valence-electron chi connectivity index (χ3n) is 5.37. The number of nitrogens with zero attached hydrogens (tertiary/aromatic N) is 2. The number of hydrogen-bond donors (Lipinski definition) is 0. The van der Waals surface area contributed by atoms with Crippen molar-refractivity contribution >= 4 is 10.0 Å². The van der Waals surface area contributed by atoms with Crippen LogP contribution in [0.2, 0.25) is 0 Å². The summed E-state index contributed by atoms with van der Waals surface area (Å²) >= 11 is 0. The lowest BCUT2D eigenvalue weighted by atomic mass is 10.1. The van der Waals surface area contributed by atoms with Crippen molar-refractivity contribution in [2.45, 2.75) is 38.1 Å². The second-order valence-corrected chi connectivity index (χ2v) is 9.17. The molecule has 0 N–H and O–H groups in total. The zero-order chi connectivity index (χ0) is 18.7. The summed E-state index contributed by atoms with van der Waals surface area (Å²) in [6.07, 6.45) is 0.995. The summed E-state index contributed by atoms with van der Waals surface area (Å²) in [5.74, 6) is 0. The molecule has 1 aliphatic heterocycles. The van der Waals surface area contributed by atoms with E-state index in [1.54, 1.807) is 16.4 Å². The molecule has 0 bridgehead atoms. The molecule has 0 amide bonds. The lowest BCUT2D eigenvalue weighted by Gasteiger charge is -2.39. The van der Waals surface area contributed by atoms with Crippen molar-refractivity contribution in [1.29, 1.82) is 0 Å². The van der Waals surface area contributed by atoms with Crippen molar-refractivity contribution in [3.63, 3.8) is 0 Å². The minimum Gasteiger partial charge on any atom is -0.298 e. The van der Waals surface area contributed by atoms with E-state index >= 15 is 0 Å². The van der Waals surface area contributed by atoms with Crippen LogP contribution in [0.25, 0.3) is 0 Å². The third-order valence-corrected chi connectivity index (χ3v) is 7.24. The van der Waals surface area contributed by atoms with Gasteiger partial charge >= 0.3 is 0 Å². The molecule has 3 rings (SSSR count). The van der Waals surface area contributed by atoms with E-state index in [0.717, 1.165) is 30.6 Å². The molecule has 1 saturated heterocycles. The third kappa shape index (κ3) is 4.17. The van der Waals surface area contributed by atoms with Crippen molar-refractivity contribution in [2.24, 2.45) is 0 Å². The molecule has 1 heterocycles. The van der Waals surface area contributed by atoms with Crippen LogP contribution < -0.4 is 0 Å². The molecule has 2 aromatic carbocycles. The molecule has 2 aromatic rings. The summed E-state index contributed by atoms with van der Waals surface area (Å²) in [7, 11) is -3.42. The van der Waals surface area contributed by atoms with Gasteiger partial charge in [0.2, 0.25) is 10.0 Å². The van der Waals surface area contributed by atoms with Gasteiger partial charge in [-0.25, -0.2) is 8.42 Å². The highest BCUT2D eigenvalue weighted by atomic mass is 32.2. The lowest BCUT2D eigenvalue weighted by Crippen LogP contribution is -2.53. The Morgan fingerprint density at radius 1 is 1.00 bits per heavy atom. The first-order valence-corrected chi connectivity index (χ1v) is 10.7. The largest absolute Gasteiger partial charge is 0.298 e. The molecule has 1 fully saturated rings. The van der Waals surface area contributed by atoms with E-state index in [2.05, 4.69) is 36.1 Å². The van der Waals surface area contributed by atoms with Crippen LogP contribution in [0.15, 0.2) is 53.4 Å². The van der Waals surface area contributed by atoms with Gasteiger partial charge in [-0.15, -0.1) is 0 Å². The maximum atomic E-state index is 13.0. The Labute approximate surface area is 157 Å². The second kappa shape index (κ2) is 7.91. The van der Waals surface area contributed by atoms with Gasteiger partial charge in [0.15, 0.2) is 0 Å². The first kappa shape index (κ1) is 19.1. The molecule has 1 atom stereocenters. The number of benzene rings is 2. The normalized spacial score (nSPS) is 19.6. The van der Waals surface area contributed by atoms with Gasteiger partial charge in [0.05, 0.1) is 4.90 Å². The summed E-state index contributed by atoms with van der Waals surface area (Å²) in [4.78, 5) is 2.80. The highest BCUT2D eigenvalue weighted by Gasteiger charge is 2.32. The maximum absolute atomic E-state index is 13.0. The van der Waals surface area contributed by atoms with Crippen molar-refractivity contribution in [1.82, 2.24) is 9.21 Å². The molecule has 140 valence electrons. The van der Waals surface area contributed by atoms with Crippen LogP contribution in [0.4, 0.5) is 0 Å². The smallest absolute Gasteiger partial charge is 0.243 e. The maximum Gasteiger partial charge on any atom is 0.243 e. The Kier molecular flexibility index (Phi) is 5.80. The van der Waals surface area contributed by atoms with Crippen molar-refractivity contribution in [3.8, 4) is 0 Å². The molecule has 5 heteroatoms. The molecule has 0 spiro atoms. The van der Waals surface area contributed by atoms with E-state index in [1.807, 2.05) is 26.0 Å². The average Bonchev–Trinajstić information content (AvgIpc) is 2.63. The minimum atomic E-state index is -3.42. The van der Waals surface area contributed by atoms with Gasteiger partial charge in [0.25, 0.3) is 0 Å². The van der Waals surface area contributed by atoms with E-state index in [-0.39, 0.29) is 6.04 Å². The minimum absolute atomic E-state index is 0.216. The van der Waals surface area contributed by atoms with Crippen LogP contribution in [0.3, 0.4) is 0 Å². The van der Waals surface area contributed by atoms with Crippen LogP contribution in [-0.4, -0.2) is 49.8 Å². The van der Waals surface area contributed by atoms with E-state index in [0.29, 0.717) is 18.0 Å². The Hall–Kier alpha value is -1.69. The summed E-state index contributed by atoms with van der Waals surface area (Å²) in [6, 6.07) is 16.1. The molecule has 4 nitrogen and oxygen atoms in total. The van der Waals surface area contributed by atoms with Crippen LogP contribution in [0, 0.1) is 13.8 Å². The molecule has 0 radical (unpaired) electrons. The summed E-state index contributed by atoms with van der Waals surface area (Å²) in [5, 5.41) is 0. The van der Waals surface area contributed by atoms with Crippen molar-refractivity contribution < 1.29 is 8.42 Å². The van der Waals surface area contributed by atoms with Crippen LogP contribution in [0.1, 0.15) is 23.6 Å². The average molecular weight is 373 g/mol. The van der Waals surface area contributed by atoms with Crippen LogP contribution in [-0.2, 0) is 16.4 Å². The van der Waals surface area contributed by atoms with E-state index in [1.165, 1.54) is 5.56 Å². The highest BCUT2D eigenvalue weighted by molar-refractivity contribution is 7.89. The fraction of sp³-hybridized carbons (Fsp3) is 0.429. The summed E-state index contributed by atoms with van der Waals surface area (Å²) in [5.41, 5.74) is 3.45. The lowest BCUT2D eigenvalue weighted by molar-refractivity contribution is 0.130. The van der Waals surface area contributed by atoms with Gasteiger partial charge in [-0.3, -0.25) is 4.90 Å². The van der Waals surface area contributed by atoms with Gasteiger partial charge in [0.1, 0.15) is 0 Å². The van der Waals surface area contributed by atoms with Crippen molar-refractivity contribution in [3.05, 3.63) is 65.2 Å². The Morgan fingerprint density at radius 2 is 1.73 bits per heavy atom. The van der Waals surface area contributed by atoms with Crippen LogP contribution >= 0.6 is 0 Å². The fourth-order valence-electron chi connectivity index (χ4n) is 3.45. The molecule has 0 saturated carbocycles. The van der Waals surface area contributed by atoms with Crippen molar-refractivity contribution in [2.75, 3.05) is 26.2 Å². The van der Waals surface area contributed by atoms with E-state index in [4.69, 9.17) is 0 Å². The Bertz CT molecular complexity index is 850. The van der Waals surface area contributed by atoms with Crippen LogP contribution in [0.5, 0.6) is 0 Å². The number of piperazine rings is 1. The van der Waals surface area contributed by atoms with E-state index < -0.39 is 10.0 Å². The van der Waals surface area contributed by atoms with Gasteiger partial charge in [0, 0.05) is 32.2 Å². The number of aryl methyl sites for hydroxylation is 2. The molecule has 1 aliphatic rings. The van der Waals surface area contributed by atoms with Gasteiger partial charge in [-0.1, -0.05) is 36.4 Å². The molecular weight excluding hydrogens is 344 g/mol.